The maximum Gasteiger partial charge on any atom is 0.384 e. The fourth-order valence-electron chi connectivity index (χ4n) is 3.16. The lowest BCUT2D eigenvalue weighted by Gasteiger charge is -2.13. The zero-order valence-corrected chi connectivity index (χ0v) is 13.9. The van der Waals surface area contributed by atoms with Crippen molar-refractivity contribution < 1.29 is 19.2 Å². The van der Waals surface area contributed by atoms with Gasteiger partial charge in [0.15, 0.2) is 5.69 Å². The number of imide groups is 1. The van der Waals surface area contributed by atoms with E-state index >= 15 is 0 Å². The normalized spacial score (nSPS) is 17.6. The highest BCUT2D eigenvalue weighted by atomic mass is 16.7. The number of rotatable bonds is 4. The first kappa shape index (κ1) is 15.6. The summed E-state index contributed by atoms with van der Waals surface area (Å²) in [5.74, 6) is -1.52. The zero-order chi connectivity index (χ0) is 17.7. The smallest absolute Gasteiger partial charge is 0.322 e. The Kier molecular flexibility index (Phi) is 3.45. The molecule has 2 amide bonds. The van der Waals surface area contributed by atoms with Gasteiger partial charge < -0.3 is 4.84 Å². The van der Waals surface area contributed by atoms with Crippen LogP contribution in [0.2, 0.25) is 0 Å². The molecule has 4 rings (SSSR count). The van der Waals surface area contributed by atoms with Crippen LogP contribution in [-0.4, -0.2) is 32.6 Å². The SMILES string of the molecule is Cc1cc(C(=O)ON2C(=O)c3ccccc3C2=O)nn1C(C)C1CC1. The molecule has 2 aromatic rings. The molecule has 2 aliphatic rings. The highest BCUT2D eigenvalue weighted by molar-refractivity contribution is 6.21. The number of amides is 2. The minimum atomic E-state index is -0.820. The maximum absolute atomic E-state index is 12.4. The van der Waals surface area contributed by atoms with E-state index in [4.69, 9.17) is 4.84 Å². The number of aromatic nitrogens is 2. The molecule has 25 heavy (non-hydrogen) atoms. The van der Waals surface area contributed by atoms with Gasteiger partial charge in [0, 0.05) is 5.69 Å². The first-order chi connectivity index (χ1) is 12.0. The Bertz CT molecular complexity index is 862. The van der Waals surface area contributed by atoms with Gasteiger partial charge in [0.1, 0.15) is 0 Å². The number of carbonyl (C=O) groups excluding carboxylic acids is 3. The molecule has 7 nitrogen and oxygen atoms in total. The van der Waals surface area contributed by atoms with Crippen molar-refractivity contribution in [1.29, 1.82) is 0 Å². The average molecular weight is 339 g/mol. The maximum atomic E-state index is 12.4. The van der Waals surface area contributed by atoms with Crippen LogP contribution >= 0.6 is 0 Å². The summed E-state index contributed by atoms with van der Waals surface area (Å²) >= 11 is 0. The topological polar surface area (TPSA) is 81.5 Å². The summed E-state index contributed by atoms with van der Waals surface area (Å²) in [7, 11) is 0. The van der Waals surface area contributed by atoms with E-state index in [-0.39, 0.29) is 22.9 Å². The van der Waals surface area contributed by atoms with Gasteiger partial charge in [0.2, 0.25) is 0 Å². The lowest BCUT2D eigenvalue weighted by Crippen LogP contribution is -2.32. The lowest BCUT2D eigenvalue weighted by molar-refractivity contribution is -0.0589. The van der Waals surface area contributed by atoms with Crippen molar-refractivity contribution >= 4 is 17.8 Å². The highest BCUT2D eigenvalue weighted by Crippen LogP contribution is 2.39. The Hall–Kier alpha value is -2.96. The number of aryl methyl sites for hydroxylation is 1. The Morgan fingerprint density at radius 3 is 2.36 bits per heavy atom. The van der Waals surface area contributed by atoms with Crippen molar-refractivity contribution in [3.8, 4) is 0 Å². The number of nitrogens with zero attached hydrogens (tertiary/aromatic N) is 3. The largest absolute Gasteiger partial charge is 0.384 e. The third kappa shape index (κ3) is 2.52. The Morgan fingerprint density at radius 1 is 1.20 bits per heavy atom. The Morgan fingerprint density at radius 2 is 1.80 bits per heavy atom. The molecule has 0 spiro atoms. The van der Waals surface area contributed by atoms with Crippen LogP contribution in [0.25, 0.3) is 0 Å². The molecule has 128 valence electrons. The summed E-state index contributed by atoms with van der Waals surface area (Å²) in [6.45, 7) is 3.93. The molecule has 0 bridgehead atoms. The fourth-order valence-corrected chi connectivity index (χ4v) is 3.16. The summed E-state index contributed by atoms with van der Waals surface area (Å²) in [5.41, 5.74) is 1.38. The standard InChI is InChI=1S/C18H17N3O4/c1-10-9-15(19-20(10)11(2)12-7-8-12)18(24)25-21-16(22)13-5-3-4-6-14(13)17(21)23/h3-6,9,11-12H,7-8H2,1-2H3. The third-order valence-corrected chi connectivity index (χ3v) is 4.75. The molecule has 1 aliphatic carbocycles. The molecule has 0 radical (unpaired) electrons. The molecule has 1 saturated carbocycles. The van der Waals surface area contributed by atoms with E-state index in [0.29, 0.717) is 11.0 Å². The van der Waals surface area contributed by atoms with E-state index in [0.717, 1.165) is 18.5 Å². The summed E-state index contributed by atoms with van der Waals surface area (Å²) in [5, 5.41) is 4.81. The number of hydroxylamine groups is 2. The minimum Gasteiger partial charge on any atom is -0.322 e. The number of benzene rings is 1. The van der Waals surface area contributed by atoms with Crippen molar-refractivity contribution in [2.24, 2.45) is 5.92 Å². The monoisotopic (exact) mass is 339 g/mol. The van der Waals surface area contributed by atoms with E-state index in [1.54, 1.807) is 22.9 Å². The van der Waals surface area contributed by atoms with Crippen molar-refractivity contribution in [2.45, 2.75) is 32.7 Å². The number of hydrogen-bond donors (Lipinski definition) is 0. The van der Waals surface area contributed by atoms with E-state index in [2.05, 4.69) is 12.0 Å². The second-order valence-electron chi connectivity index (χ2n) is 6.52. The Balaban J connectivity index is 1.54. The second kappa shape index (κ2) is 5.54. The van der Waals surface area contributed by atoms with E-state index < -0.39 is 17.8 Å². The van der Waals surface area contributed by atoms with Crippen LogP contribution in [-0.2, 0) is 4.84 Å². The molecule has 0 N–H and O–H groups in total. The Labute approximate surface area is 144 Å². The number of carbonyl (C=O) groups is 3. The molecule has 7 heteroatoms. The van der Waals surface area contributed by atoms with Crippen LogP contribution in [0.5, 0.6) is 0 Å². The van der Waals surface area contributed by atoms with Crippen LogP contribution < -0.4 is 0 Å². The predicted octanol–water partition coefficient (Wildman–Crippen LogP) is 2.53. The summed E-state index contributed by atoms with van der Waals surface area (Å²) in [6.07, 6.45) is 2.32. The highest BCUT2D eigenvalue weighted by Gasteiger charge is 2.39. The third-order valence-electron chi connectivity index (χ3n) is 4.75. The zero-order valence-electron chi connectivity index (χ0n) is 13.9. The lowest BCUT2D eigenvalue weighted by atomic mass is 10.1. The van der Waals surface area contributed by atoms with Crippen molar-refractivity contribution in [3.63, 3.8) is 0 Å². The summed E-state index contributed by atoms with van der Waals surface area (Å²) in [4.78, 5) is 41.9. The minimum absolute atomic E-state index is 0.0848. The quantitative estimate of drug-likeness (QED) is 0.800. The summed E-state index contributed by atoms with van der Waals surface area (Å²) < 4.78 is 1.80. The van der Waals surface area contributed by atoms with Crippen LogP contribution in [0.1, 0.15) is 62.7 Å². The van der Waals surface area contributed by atoms with Gasteiger partial charge in [-0.25, -0.2) is 4.79 Å². The molecule has 1 aromatic heterocycles. The molecule has 1 atom stereocenters. The molecule has 0 saturated heterocycles. The van der Waals surface area contributed by atoms with E-state index in [1.165, 1.54) is 12.1 Å². The van der Waals surface area contributed by atoms with Crippen molar-refractivity contribution in [1.82, 2.24) is 14.8 Å². The van der Waals surface area contributed by atoms with Crippen molar-refractivity contribution in [3.05, 3.63) is 52.8 Å². The molecule has 1 unspecified atom stereocenters. The van der Waals surface area contributed by atoms with Gasteiger partial charge in [0.25, 0.3) is 11.8 Å². The average Bonchev–Trinajstić information content (AvgIpc) is 3.35. The van der Waals surface area contributed by atoms with Gasteiger partial charge in [-0.2, -0.15) is 5.10 Å². The van der Waals surface area contributed by atoms with Gasteiger partial charge in [0.05, 0.1) is 17.2 Å². The van der Waals surface area contributed by atoms with E-state index in [1.807, 2.05) is 6.92 Å². The first-order valence-electron chi connectivity index (χ1n) is 8.23. The molecule has 1 aliphatic heterocycles. The summed E-state index contributed by atoms with van der Waals surface area (Å²) in [6, 6.07) is 8.18. The van der Waals surface area contributed by atoms with Crippen LogP contribution in [0.15, 0.2) is 30.3 Å². The van der Waals surface area contributed by atoms with Crippen LogP contribution in [0, 0.1) is 12.8 Å². The van der Waals surface area contributed by atoms with Crippen molar-refractivity contribution in [2.75, 3.05) is 0 Å². The van der Waals surface area contributed by atoms with Gasteiger partial charge in [-0.15, -0.1) is 0 Å². The molecular formula is C18H17N3O4. The number of hydrogen-bond acceptors (Lipinski definition) is 5. The molecule has 1 fully saturated rings. The molecule has 1 aromatic carbocycles. The van der Waals surface area contributed by atoms with Gasteiger partial charge in [-0.3, -0.25) is 14.3 Å². The van der Waals surface area contributed by atoms with Gasteiger partial charge in [-0.1, -0.05) is 17.2 Å². The van der Waals surface area contributed by atoms with Gasteiger partial charge >= 0.3 is 5.97 Å². The molecular weight excluding hydrogens is 322 g/mol. The van der Waals surface area contributed by atoms with Gasteiger partial charge in [-0.05, 0) is 50.8 Å². The molecule has 2 heterocycles. The van der Waals surface area contributed by atoms with Crippen LogP contribution in [0.4, 0.5) is 0 Å². The van der Waals surface area contributed by atoms with Crippen LogP contribution in [0.3, 0.4) is 0 Å². The first-order valence-corrected chi connectivity index (χ1v) is 8.23. The fraction of sp³-hybridized carbons (Fsp3) is 0.333. The van der Waals surface area contributed by atoms with E-state index in [9.17, 15) is 14.4 Å². The predicted molar refractivity (Wildman–Crippen MR) is 86.8 cm³/mol. The number of fused-ring (bicyclic) bond motifs is 1. The second-order valence-corrected chi connectivity index (χ2v) is 6.52.